The Bertz CT molecular complexity index is 1300. The van der Waals surface area contributed by atoms with Gasteiger partial charge < -0.3 is 15.0 Å². The van der Waals surface area contributed by atoms with Crippen LogP contribution in [0.1, 0.15) is 43.6 Å². The molecular formula is C26H29N3O5S2. The van der Waals surface area contributed by atoms with Crippen LogP contribution in [0.2, 0.25) is 0 Å². The Kier molecular flexibility index (Phi) is 5.60. The second-order valence-corrected chi connectivity index (χ2v) is 12.5. The highest BCUT2D eigenvalue weighted by Crippen LogP contribution is 2.68. The molecule has 1 aromatic heterocycles. The molecule has 2 amide bonds. The van der Waals surface area contributed by atoms with E-state index in [1.54, 1.807) is 11.8 Å². The normalized spacial score (nSPS) is 32.9. The standard InChI is InChI=1S/C26H29N3O5S2/c1-4-28(5-2)13-8-6-12(7-9-13)16-17-14-10-15(20(17)35-22-21(16)36-26(34)27-22)19-18(14)23(30)29(24(19)31)11(3)25(32)33/h6-9,11,14-20H,4-5,10H2,1-3H3,(H,27,34)(H,32,33)/t11-,14-,15+,16-,17-,18+,19+,20-/m1/s1. The van der Waals surface area contributed by atoms with Crippen molar-refractivity contribution < 1.29 is 19.5 Å². The summed E-state index contributed by atoms with van der Waals surface area (Å²) in [7, 11) is 0. The molecular weight excluding hydrogens is 498 g/mol. The molecule has 4 aliphatic rings. The van der Waals surface area contributed by atoms with Gasteiger partial charge in [-0.2, -0.15) is 0 Å². The van der Waals surface area contributed by atoms with Gasteiger partial charge >= 0.3 is 10.8 Å². The van der Waals surface area contributed by atoms with Crippen molar-refractivity contribution in [3.63, 3.8) is 0 Å². The third-order valence-corrected chi connectivity index (χ3v) is 11.5. The fourth-order valence-corrected chi connectivity index (χ4v) is 10.3. The van der Waals surface area contributed by atoms with E-state index in [2.05, 4.69) is 48.0 Å². The van der Waals surface area contributed by atoms with Crippen molar-refractivity contribution in [3.8, 4) is 0 Å². The number of hydrogen-bond donors (Lipinski definition) is 2. The molecule has 190 valence electrons. The highest BCUT2D eigenvalue weighted by molar-refractivity contribution is 8.00. The number of nitrogens with one attached hydrogen (secondary N) is 1. The van der Waals surface area contributed by atoms with Crippen molar-refractivity contribution >= 4 is 46.6 Å². The number of amides is 2. The number of thioether (sulfide) groups is 1. The summed E-state index contributed by atoms with van der Waals surface area (Å²) in [6, 6.07) is 7.38. The van der Waals surface area contributed by atoms with Crippen molar-refractivity contribution in [2.24, 2.45) is 29.6 Å². The Labute approximate surface area is 217 Å². The number of carbonyl (C=O) groups is 3. The van der Waals surface area contributed by atoms with Crippen LogP contribution in [0.5, 0.6) is 0 Å². The number of aliphatic carboxylic acids is 1. The van der Waals surface area contributed by atoms with Gasteiger partial charge in [-0.1, -0.05) is 23.5 Å². The van der Waals surface area contributed by atoms with Crippen LogP contribution in [0.3, 0.4) is 0 Å². The zero-order valence-electron chi connectivity index (χ0n) is 20.3. The highest BCUT2D eigenvalue weighted by Gasteiger charge is 2.70. The molecule has 2 aliphatic heterocycles. The van der Waals surface area contributed by atoms with Gasteiger partial charge in [0.15, 0.2) is 0 Å². The zero-order chi connectivity index (χ0) is 25.5. The molecule has 8 nitrogen and oxygen atoms in total. The predicted octanol–water partition coefficient (Wildman–Crippen LogP) is 3.23. The maximum atomic E-state index is 13.5. The van der Waals surface area contributed by atoms with Gasteiger partial charge in [0, 0.05) is 34.8 Å². The Morgan fingerprint density at radius 1 is 1.11 bits per heavy atom. The van der Waals surface area contributed by atoms with Gasteiger partial charge in [0.05, 0.1) is 16.9 Å². The lowest BCUT2D eigenvalue weighted by Crippen LogP contribution is -2.44. The lowest BCUT2D eigenvalue weighted by Gasteiger charge is -2.43. The zero-order valence-corrected chi connectivity index (χ0v) is 22.0. The second-order valence-electron chi connectivity index (χ2n) is 10.3. The average Bonchev–Trinajstić information content (AvgIpc) is 3.58. The number of aromatic nitrogens is 1. The number of nitrogens with zero attached hydrogens (tertiary/aromatic N) is 2. The molecule has 0 radical (unpaired) electrons. The van der Waals surface area contributed by atoms with E-state index in [9.17, 15) is 24.3 Å². The Morgan fingerprint density at radius 3 is 2.36 bits per heavy atom. The quantitative estimate of drug-likeness (QED) is 0.555. The number of hydrogen-bond acceptors (Lipinski definition) is 7. The maximum Gasteiger partial charge on any atom is 0.326 e. The van der Waals surface area contributed by atoms with Gasteiger partial charge in [-0.3, -0.25) is 19.3 Å². The summed E-state index contributed by atoms with van der Waals surface area (Å²) in [5.41, 5.74) is 2.27. The Balaban J connectivity index is 1.41. The molecule has 0 spiro atoms. The van der Waals surface area contributed by atoms with E-state index in [0.29, 0.717) is 0 Å². The largest absolute Gasteiger partial charge is 0.480 e. The molecule has 8 atom stereocenters. The molecule has 10 heteroatoms. The summed E-state index contributed by atoms with van der Waals surface area (Å²) in [4.78, 5) is 58.1. The molecule has 2 aromatic rings. The number of rotatable bonds is 6. The van der Waals surface area contributed by atoms with E-state index in [0.717, 1.165) is 45.6 Å². The number of thiazole rings is 1. The van der Waals surface area contributed by atoms with E-state index in [1.165, 1.54) is 18.3 Å². The van der Waals surface area contributed by atoms with Crippen LogP contribution in [0.15, 0.2) is 34.1 Å². The van der Waals surface area contributed by atoms with Crippen LogP contribution in [0.4, 0.5) is 5.69 Å². The summed E-state index contributed by atoms with van der Waals surface area (Å²) in [5, 5.41) is 10.5. The molecule has 2 bridgehead atoms. The van der Waals surface area contributed by atoms with E-state index in [1.807, 2.05) is 0 Å². The van der Waals surface area contributed by atoms with Gasteiger partial charge in [-0.25, -0.2) is 4.79 Å². The number of fused-ring (bicyclic) bond motifs is 9. The number of carboxylic acid groups (broad SMARTS) is 1. The van der Waals surface area contributed by atoms with Crippen molar-refractivity contribution in [3.05, 3.63) is 44.4 Å². The number of likely N-dealkylation sites (tertiary alicyclic amines) is 1. The molecule has 2 saturated carbocycles. The third kappa shape index (κ3) is 3.19. The van der Waals surface area contributed by atoms with Crippen LogP contribution >= 0.6 is 23.1 Å². The fraction of sp³-hybridized carbons (Fsp3) is 0.538. The molecule has 6 rings (SSSR count). The van der Waals surface area contributed by atoms with Crippen molar-refractivity contribution in [2.75, 3.05) is 18.0 Å². The number of H-pyrrole nitrogens is 1. The number of carbonyl (C=O) groups excluding carboxylic acids is 2. The number of anilines is 1. The lowest BCUT2D eigenvalue weighted by atomic mass is 9.68. The average molecular weight is 528 g/mol. The SMILES string of the molecule is CCN(CC)c1ccc([C@H]2c3sc(=O)[nH]c3S[C@@H]3[C@H]4C[C@@H]([C@@H]5C(=O)N([C@H](C)C(=O)O)C(=O)[C@@H]45)[C@H]23)cc1. The van der Waals surface area contributed by atoms with Gasteiger partial charge in [-0.15, -0.1) is 11.8 Å². The van der Waals surface area contributed by atoms with Crippen LogP contribution in [0.25, 0.3) is 0 Å². The number of carboxylic acids is 1. The van der Waals surface area contributed by atoms with E-state index >= 15 is 0 Å². The van der Waals surface area contributed by atoms with E-state index in [-0.39, 0.29) is 45.6 Å². The maximum absolute atomic E-state index is 13.5. The van der Waals surface area contributed by atoms with Gasteiger partial charge in [0.1, 0.15) is 6.04 Å². The van der Waals surface area contributed by atoms with Crippen molar-refractivity contribution in [1.29, 1.82) is 0 Å². The number of imide groups is 1. The topological polar surface area (TPSA) is 111 Å². The smallest absolute Gasteiger partial charge is 0.326 e. The first-order valence-corrected chi connectivity index (χ1v) is 14.3. The summed E-state index contributed by atoms with van der Waals surface area (Å²) in [5.74, 6) is -2.72. The minimum absolute atomic E-state index is 0.00792. The highest BCUT2D eigenvalue weighted by atomic mass is 32.2. The van der Waals surface area contributed by atoms with E-state index < -0.39 is 23.8 Å². The van der Waals surface area contributed by atoms with Crippen molar-refractivity contribution in [1.82, 2.24) is 9.88 Å². The van der Waals surface area contributed by atoms with Gasteiger partial charge in [0.2, 0.25) is 11.8 Å². The first-order valence-electron chi connectivity index (χ1n) is 12.6. The molecule has 1 aromatic carbocycles. The first-order chi connectivity index (χ1) is 17.3. The van der Waals surface area contributed by atoms with Gasteiger partial charge in [-0.05, 0) is 62.6 Å². The summed E-state index contributed by atoms with van der Waals surface area (Å²) in [6.45, 7) is 7.50. The van der Waals surface area contributed by atoms with E-state index in [4.69, 9.17) is 0 Å². The first kappa shape index (κ1) is 23.8. The minimum atomic E-state index is -1.17. The predicted molar refractivity (Wildman–Crippen MR) is 137 cm³/mol. The van der Waals surface area contributed by atoms with Crippen LogP contribution < -0.4 is 9.77 Å². The van der Waals surface area contributed by atoms with Gasteiger partial charge in [0.25, 0.3) is 0 Å². The molecule has 36 heavy (non-hydrogen) atoms. The molecule has 3 heterocycles. The summed E-state index contributed by atoms with van der Waals surface area (Å²) in [6.07, 6.45) is 0.789. The monoisotopic (exact) mass is 527 g/mol. The molecule has 2 aliphatic carbocycles. The van der Waals surface area contributed by atoms with Crippen molar-refractivity contribution in [2.45, 2.75) is 49.4 Å². The lowest BCUT2D eigenvalue weighted by molar-refractivity contribution is -0.154. The van der Waals surface area contributed by atoms with Crippen LogP contribution in [-0.2, 0) is 14.4 Å². The number of aromatic amines is 1. The molecule has 3 fully saturated rings. The number of benzene rings is 1. The Hall–Kier alpha value is -2.59. The molecule has 0 unspecified atom stereocenters. The summed E-state index contributed by atoms with van der Waals surface area (Å²) >= 11 is 2.88. The van der Waals surface area contributed by atoms with Crippen LogP contribution in [-0.4, -0.2) is 57.2 Å². The minimum Gasteiger partial charge on any atom is -0.480 e. The molecule has 1 saturated heterocycles. The Morgan fingerprint density at radius 2 is 1.75 bits per heavy atom. The van der Waals surface area contributed by atoms with Crippen LogP contribution in [0, 0.1) is 29.6 Å². The molecule has 2 N–H and O–H groups in total. The second kappa shape index (κ2) is 8.48. The summed E-state index contributed by atoms with van der Waals surface area (Å²) < 4.78 is 0. The third-order valence-electron chi connectivity index (χ3n) is 8.88. The fourth-order valence-electron chi connectivity index (χ4n) is 7.39.